The Balaban J connectivity index is 1.63. The minimum absolute atomic E-state index is 0.0320. The van der Waals surface area contributed by atoms with Gasteiger partial charge in [-0.05, 0) is 39.0 Å². The number of aryl methyl sites for hydroxylation is 2. The number of anilines is 1. The summed E-state index contributed by atoms with van der Waals surface area (Å²) in [6, 6.07) is 16.0. The molecule has 146 valence electrons. The first-order valence-electron chi connectivity index (χ1n) is 9.12. The van der Waals surface area contributed by atoms with Gasteiger partial charge in [0.1, 0.15) is 5.75 Å². The third kappa shape index (κ3) is 4.57. The van der Waals surface area contributed by atoms with Gasteiger partial charge in [0.25, 0.3) is 0 Å². The second-order valence-electron chi connectivity index (χ2n) is 6.65. The standard InChI is InChI=1S/C22H25N3O2S/c1-15-10-11-20(27-4)18(12-15)13-28-14-21(26)23-22-16(2)24-25(17(22)3)19-8-6-5-7-9-19/h5-12H,13-14H2,1-4H3,(H,23,26). The molecule has 5 nitrogen and oxygen atoms in total. The average molecular weight is 396 g/mol. The number of rotatable bonds is 7. The molecule has 0 atom stereocenters. The molecule has 0 saturated heterocycles. The molecule has 0 fully saturated rings. The Kier molecular flexibility index (Phi) is 6.41. The molecule has 3 aromatic rings. The lowest BCUT2D eigenvalue weighted by molar-refractivity contribution is -0.113. The fourth-order valence-corrected chi connectivity index (χ4v) is 3.90. The van der Waals surface area contributed by atoms with E-state index < -0.39 is 0 Å². The summed E-state index contributed by atoms with van der Waals surface area (Å²) in [5.74, 6) is 1.91. The fraction of sp³-hybridized carbons (Fsp3) is 0.273. The van der Waals surface area contributed by atoms with Crippen molar-refractivity contribution in [3.63, 3.8) is 0 Å². The number of benzene rings is 2. The third-order valence-corrected chi connectivity index (χ3v) is 5.46. The molecule has 0 aliphatic rings. The van der Waals surface area contributed by atoms with Gasteiger partial charge in [-0.15, -0.1) is 11.8 Å². The molecule has 28 heavy (non-hydrogen) atoms. The number of amides is 1. The van der Waals surface area contributed by atoms with Crippen LogP contribution in [0.25, 0.3) is 5.69 Å². The number of hydrogen-bond donors (Lipinski definition) is 1. The number of methoxy groups -OCH3 is 1. The highest BCUT2D eigenvalue weighted by Gasteiger charge is 2.15. The van der Waals surface area contributed by atoms with Gasteiger partial charge in [-0.1, -0.05) is 35.9 Å². The molecule has 0 radical (unpaired) electrons. The van der Waals surface area contributed by atoms with Crippen LogP contribution in [0.3, 0.4) is 0 Å². The number of carbonyl (C=O) groups is 1. The molecule has 0 spiro atoms. The highest BCUT2D eigenvalue weighted by molar-refractivity contribution is 7.99. The zero-order valence-electron chi connectivity index (χ0n) is 16.7. The van der Waals surface area contributed by atoms with Crippen LogP contribution in [0.4, 0.5) is 5.69 Å². The summed E-state index contributed by atoms with van der Waals surface area (Å²) in [6.45, 7) is 5.93. The number of ether oxygens (including phenoxy) is 1. The van der Waals surface area contributed by atoms with Crippen LogP contribution in [0.15, 0.2) is 48.5 Å². The number of carbonyl (C=O) groups excluding carboxylic acids is 1. The van der Waals surface area contributed by atoms with Gasteiger partial charge in [-0.2, -0.15) is 5.10 Å². The second-order valence-corrected chi connectivity index (χ2v) is 7.64. The van der Waals surface area contributed by atoms with Crippen molar-refractivity contribution in [3.8, 4) is 11.4 Å². The lowest BCUT2D eigenvalue weighted by atomic mass is 10.1. The number of aromatic nitrogens is 2. The summed E-state index contributed by atoms with van der Waals surface area (Å²) in [5, 5.41) is 7.59. The molecule has 3 rings (SSSR count). The Morgan fingerprint density at radius 3 is 2.61 bits per heavy atom. The Labute approximate surface area is 170 Å². The molecule has 1 N–H and O–H groups in total. The van der Waals surface area contributed by atoms with Crippen molar-refractivity contribution in [2.24, 2.45) is 0 Å². The molecule has 0 aliphatic carbocycles. The van der Waals surface area contributed by atoms with Crippen LogP contribution in [0.1, 0.15) is 22.5 Å². The van der Waals surface area contributed by atoms with Gasteiger partial charge in [0.15, 0.2) is 0 Å². The maximum Gasteiger partial charge on any atom is 0.234 e. The second kappa shape index (κ2) is 8.97. The van der Waals surface area contributed by atoms with Gasteiger partial charge in [0.2, 0.25) is 5.91 Å². The molecular weight excluding hydrogens is 370 g/mol. The Morgan fingerprint density at radius 2 is 1.89 bits per heavy atom. The first-order valence-corrected chi connectivity index (χ1v) is 10.3. The van der Waals surface area contributed by atoms with E-state index >= 15 is 0 Å². The van der Waals surface area contributed by atoms with E-state index in [1.807, 2.05) is 61.0 Å². The van der Waals surface area contributed by atoms with Crippen LogP contribution < -0.4 is 10.1 Å². The molecule has 0 aliphatic heterocycles. The Bertz CT molecular complexity index is 967. The first-order chi connectivity index (χ1) is 13.5. The van der Waals surface area contributed by atoms with Crippen molar-refractivity contribution in [2.75, 3.05) is 18.2 Å². The number of para-hydroxylation sites is 1. The molecule has 0 saturated carbocycles. The van der Waals surface area contributed by atoms with E-state index in [0.717, 1.165) is 39.8 Å². The SMILES string of the molecule is COc1ccc(C)cc1CSCC(=O)Nc1c(C)nn(-c2ccccc2)c1C. The highest BCUT2D eigenvalue weighted by Crippen LogP contribution is 2.26. The average Bonchev–Trinajstić information content (AvgIpc) is 2.97. The van der Waals surface area contributed by atoms with Crippen molar-refractivity contribution in [1.82, 2.24) is 9.78 Å². The number of thioether (sulfide) groups is 1. The molecule has 2 aromatic carbocycles. The smallest absolute Gasteiger partial charge is 0.234 e. The summed E-state index contributed by atoms with van der Waals surface area (Å²) in [7, 11) is 1.67. The van der Waals surface area contributed by atoms with E-state index in [1.54, 1.807) is 18.9 Å². The lowest BCUT2D eigenvalue weighted by Crippen LogP contribution is -2.15. The van der Waals surface area contributed by atoms with E-state index in [9.17, 15) is 4.79 Å². The minimum atomic E-state index is -0.0320. The molecule has 1 heterocycles. The Hall–Kier alpha value is -2.73. The third-order valence-electron chi connectivity index (χ3n) is 4.48. The summed E-state index contributed by atoms with van der Waals surface area (Å²) < 4.78 is 7.26. The summed E-state index contributed by atoms with van der Waals surface area (Å²) >= 11 is 1.57. The predicted molar refractivity (Wildman–Crippen MR) is 116 cm³/mol. The number of hydrogen-bond acceptors (Lipinski definition) is 4. The van der Waals surface area contributed by atoms with Gasteiger partial charge in [0.05, 0.1) is 35.6 Å². The van der Waals surface area contributed by atoms with E-state index in [2.05, 4.69) is 23.4 Å². The van der Waals surface area contributed by atoms with E-state index in [1.165, 1.54) is 5.56 Å². The molecule has 1 aromatic heterocycles. The zero-order valence-corrected chi connectivity index (χ0v) is 17.5. The maximum absolute atomic E-state index is 12.5. The van der Waals surface area contributed by atoms with Crippen molar-refractivity contribution in [1.29, 1.82) is 0 Å². The molecule has 6 heteroatoms. The van der Waals surface area contributed by atoms with Crippen LogP contribution in [-0.4, -0.2) is 28.6 Å². The van der Waals surface area contributed by atoms with E-state index in [0.29, 0.717) is 5.75 Å². The van der Waals surface area contributed by atoms with E-state index in [4.69, 9.17) is 4.74 Å². The molecule has 0 unspecified atom stereocenters. The quantitative estimate of drug-likeness (QED) is 0.631. The largest absolute Gasteiger partial charge is 0.496 e. The first kappa shape index (κ1) is 20.0. The minimum Gasteiger partial charge on any atom is -0.496 e. The van der Waals surface area contributed by atoms with Crippen LogP contribution in [0.2, 0.25) is 0 Å². The normalized spacial score (nSPS) is 10.7. The van der Waals surface area contributed by atoms with Crippen molar-refractivity contribution in [2.45, 2.75) is 26.5 Å². The van der Waals surface area contributed by atoms with Crippen LogP contribution in [0, 0.1) is 20.8 Å². The van der Waals surface area contributed by atoms with Crippen LogP contribution >= 0.6 is 11.8 Å². The Morgan fingerprint density at radius 1 is 1.14 bits per heavy atom. The number of nitrogens with zero attached hydrogens (tertiary/aromatic N) is 2. The van der Waals surface area contributed by atoms with Gasteiger partial charge >= 0.3 is 0 Å². The van der Waals surface area contributed by atoms with Crippen molar-refractivity contribution < 1.29 is 9.53 Å². The summed E-state index contributed by atoms with van der Waals surface area (Å²) in [6.07, 6.45) is 0. The lowest BCUT2D eigenvalue weighted by Gasteiger charge is -2.10. The van der Waals surface area contributed by atoms with E-state index in [-0.39, 0.29) is 5.91 Å². The topological polar surface area (TPSA) is 56.1 Å². The summed E-state index contributed by atoms with van der Waals surface area (Å²) in [5.41, 5.74) is 5.76. The molecule has 0 bridgehead atoms. The van der Waals surface area contributed by atoms with Crippen LogP contribution in [0.5, 0.6) is 5.75 Å². The highest BCUT2D eigenvalue weighted by atomic mass is 32.2. The number of nitrogens with one attached hydrogen (secondary N) is 1. The monoisotopic (exact) mass is 395 g/mol. The van der Waals surface area contributed by atoms with Crippen molar-refractivity contribution in [3.05, 3.63) is 71.0 Å². The maximum atomic E-state index is 12.5. The molecular formula is C22H25N3O2S. The van der Waals surface area contributed by atoms with Gasteiger partial charge < -0.3 is 10.1 Å². The van der Waals surface area contributed by atoms with Crippen molar-refractivity contribution >= 4 is 23.4 Å². The summed E-state index contributed by atoms with van der Waals surface area (Å²) in [4.78, 5) is 12.5. The van der Waals surface area contributed by atoms with Gasteiger partial charge in [0, 0.05) is 11.3 Å². The van der Waals surface area contributed by atoms with Gasteiger partial charge in [-0.3, -0.25) is 4.79 Å². The molecule has 1 amide bonds. The fourth-order valence-electron chi connectivity index (χ4n) is 3.09. The predicted octanol–water partition coefficient (Wildman–Crippen LogP) is 4.68. The van der Waals surface area contributed by atoms with Crippen LogP contribution in [-0.2, 0) is 10.5 Å². The zero-order chi connectivity index (χ0) is 20.1. The van der Waals surface area contributed by atoms with Gasteiger partial charge in [-0.25, -0.2) is 4.68 Å².